The number of rotatable bonds is 4. The summed E-state index contributed by atoms with van der Waals surface area (Å²) in [5.41, 5.74) is 0.226. The molecule has 1 aliphatic carbocycles. The van der Waals surface area contributed by atoms with Crippen LogP contribution in [0.1, 0.15) is 37.2 Å². The van der Waals surface area contributed by atoms with Gasteiger partial charge in [0.2, 0.25) is 0 Å². The standard InChI is InChI=1S/C14H20N2O4/c1-3-18-13(17)11-8-19-14(15-11)16-6-9(2)20-12(7-16)10-4-5-10/h8-10,12H,3-7H2,1-2H3/t9-,12+/m0/s1. The minimum atomic E-state index is -0.442. The summed E-state index contributed by atoms with van der Waals surface area (Å²) < 4.78 is 16.3. The fourth-order valence-electron chi connectivity index (χ4n) is 2.58. The zero-order chi connectivity index (χ0) is 14.1. The maximum Gasteiger partial charge on any atom is 0.360 e. The topological polar surface area (TPSA) is 64.8 Å². The summed E-state index contributed by atoms with van der Waals surface area (Å²) in [4.78, 5) is 17.9. The Bertz CT molecular complexity index is 483. The van der Waals surface area contributed by atoms with Gasteiger partial charge in [0.25, 0.3) is 6.01 Å². The Morgan fingerprint density at radius 2 is 2.30 bits per heavy atom. The molecule has 0 radical (unpaired) electrons. The van der Waals surface area contributed by atoms with Crippen LogP contribution in [0.25, 0.3) is 0 Å². The second kappa shape index (κ2) is 5.44. The van der Waals surface area contributed by atoms with Crippen molar-refractivity contribution in [3.05, 3.63) is 12.0 Å². The van der Waals surface area contributed by atoms with E-state index >= 15 is 0 Å². The van der Waals surface area contributed by atoms with Crippen molar-refractivity contribution in [2.24, 2.45) is 5.92 Å². The van der Waals surface area contributed by atoms with Gasteiger partial charge in [-0.05, 0) is 32.6 Å². The number of hydrogen-bond acceptors (Lipinski definition) is 6. The van der Waals surface area contributed by atoms with E-state index in [9.17, 15) is 4.79 Å². The van der Waals surface area contributed by atoms with Gasteiger partial charge < -0.3 is 18.8 Å². The molecule has 1 aromatic heterocycles. The summed E-state index contributed by atoms with van der Waals surface area (Å²) >= 11 is 0. The summed E-state index contributed by atoms with van der Waals surface area (Å²) in [5, 5.41) is 0. The van der Waals surface area contributed by atoms with Crippen LogP contribution < -0.4 is 4.90 Å². The van der Waals surface area contributed by atoms with Crippen molar-refractivity contribution in [3.63, 3.8) is 0 Å². The Morgan fingerprint density at radius 3 is 3.00 bits per heavy atom. The first-order chi connectivity index (χ1) is 9.67. The molecule has 0 amide bonds. The molecule has 1 saturated heterocycles. The SMILES string of the molecule is CCOC(=O)c1coc(N2C[C@H](C)O[C@@H](C3CC3)C2)n1. The second-order valence-electron chi connectivity index (χ2n) is 5.46. The van der Waals surface area contributed by atoms with Crippen molar-refractivity contribution < 1.29 is 18.7 Å². The predicted molar refractivity (Wildman–Crippen MR) is 71.7 cm³/mol. The predicted octanol–water partition coefficient (Wildman–Crippen LogP) is 1.85. The van der Waals surface area contributed by atoms with E-state index in [-0.39, 0.29) is 17.9 Å². The number of hydrogen-bond donors (Lipinski definition) is 0. The largest absolute Gasteiger partial charge is 0.461 e. The molecule has 3 rings (SSSR count). The molecule has 0 spiro atoms. The average Bonchev–Trinajstić information content (AvgIpc) is 3.15. The lowest BCUT2D eigenvalue weighted by molar-refractivity contribution is -0.0284. The van der Waals surface area contributed by atoms with Crippen LogP contribution in [0.5, 0.6) is 0 Å². The van der Waals surface area contributed by atoms with Crippen molar-refractivity contribution in [1.29, 1.82) is 0 Å². The van der Waals surface area contributed by atoms with Crippen molar-refractivity contribution in [1.82, 2.24) is 4.98 Å². The molecule has 1 saturated carbocycles. The van der Waals surface area contributed by atoms with E-state index in [1.165, 1.54) is 19.1 Å². The van der Waals surface area contributed by atoms with Gasteiger partial charge in [-0.15, -0.1) is 0 Å². The van der Waals surface area contributed by atoms with E-state index in [1.807, 2.05) is 0 Å². The molecule has 2 heterocycles. The molecule has 110 valence electrons. The molecule has 2 atom stereocenters. The van der Waals surface area contributed by atoms with E-state index in [4.69, 9.17) is 13.9 Å². The van der Waals surface area contributed by atoms with Crippen molar-refractivity contribution in [2.75, 3.05) is 24.6 Å². The summed E-state index contributed by atoms with van der Waals surface area (Å²) in [5.74, 6) is 0.224. The first-order valence-electron chi connectivity index (χ1n) is 7.20. The number of morpholine rings is 1. The molecule has 0 bridgehead atoms. The first kappa shape index (κ1) is 13.4. The van der Waals surface area contributed by atoms with Gasteiger partial charge in [0, 0.05) is 13.1 Å². The Labute approximate surface area is 118 Å². The highest BCUT2D eigenvalue weighted by Crippen LogP contribution is 2.37. The second-order valence-corrected chi connectivity index (χ2v) is 5.46. The van der Waals surface area contributed by atoms with Crippen LogP contribution in [0, 0.1) is 5.92 Å². The third-order valence-electron chi connectivity index (χ3n) is 3.68. The quantitative estimate of drug-likeness (QED) is 0.784. The molecule has 2 fully saturated rings. The Balaban J connectivity index is 1.69. The van der Waals surface area contributed by atoms with E-state index in [2.05, 4.69) is 16.8 Å². The molecular weight excluding hydrogens is 260 g/mol. The monoisotopic (exact) mass is 280 g/mol. The lowest BCUT2D eigenvalue weighted by atomic mass is 10.1. The Kier molecular flexibility index (Phi) is 3.65. The summed E-state index contributed by atoms with van der Waals surface area (Å²) in [7, 11) is 0. The number of ether oxygens (including phenoxy) is 2. The van der Waals surface area contributed by atoms with Crippen molar-refractivity contribution >= 4 is 12.0 Å². The molecule has 0 unspecified atom stereocenters. The molecule has 6 nitrogen and oxygen atoms in total. The van der Waals surface area contributed by atoms with Gasteiger partial charge in [-0.1, -0.05) is 0 Å². The maximum absolute atomic E-state index is 11.6. The van der Waals surface area contributed by atoms with Gasteiger partial charge in [0.1, 0.15) is 6.26 Å². The van der Waals surface area contributed by atoms with Crippen LogP contribution in [0.3, 0.4) is 0 Å². The smallest absolute Gasteiger partial charge is 0.360 e. The number of nitrogens with zero attached hydrogens (tertiary/aromatic N) is 2. The van der Waals surface area contributed by atoms with Crippen LogP contribution in [0.15, 0.2) is 10.7 Å². The molecule has 0 aromatic carbocycles. The molecular formula is C14H20N2O4. The van der Waals surface area contributed by atoms with Crippen molar-refractivity contribution in [2.45, 2.75) is 38.9 Å². The lowest BCUT2D eigenvalue weighted by Gasteiger charge is -2.36. The summed E-state index contributed by atoms with van der Waals surface area (Å²) in [6, 6.07) is 0.480. The zero-order valence-electron chi connectivity index (χ0n) is 11.9. The number of carbonyl (C=O) groups excluding carboxylic acids is 1. The number of carbonyl (C=O) groups is 1. The highest BCUT2D eigenvalue weighted by Gasteiger charge is 2.38. The molecule has 1 aromatic rings. The maximum atomic E-state index is 11.6. The van der Waals surface area contributed by atoms with Gasteiger partial charge >= 0.3 is 5.97 Å². The number of esters is 1. The number of oxazole rings is 1. The molecule has 6 heteroatoms. The first-order valence-corrected chi connectivity index (χ1v) is 7.20. The van der Waals surface area contributed by atoms with E-state index in [0.717, 1.165) is 13.1 Å². The third kappa shape index (κ3) is 2.80. The zero-order valence-corrected chi connectivity index (χ0v) is 11.9. The molecule has 0 N–H and O–H groups in total. The highest BCUT2D eigenvalue weighted by molar-refractivity contribution is 5.87. The summed E-state index contributed by atoms with van der Waals surface area (Å²) in [6.45, 7) is 5.66. The fourth-order valence-corrected chi connectivity index (χ4v) is 2.58. The van der Waals surface area contributed by atoms with Gasteiger partial charge in [-0.3, -0.25) is 0 Å². The van der Waals surface area contributed by atoms with Gasteiger partial charge in [0.15, 0.2) is 5.69 Å². The molecule has 2 aliphatic rings. The van der Waals surface area contributed by atoms with Crippen LogP contribution in [0.4, 0.5) is 6.01 Å². The number of aromatic nitrogens is 1. The minimum absolute atomic E-state index is 0.146. The van der Waals surface area contributed by atoms with Gasteiger partial charge in [-0.25, -0.2) is 4.79 Å². The third-order valence-corrected chi connectivity index (χ3v) is 3.68. The van der Waals surface area contributed by atoms with Gasteiger partial charge in [0.05, 0.1) is 18.8 Å². The Morgan fingerprint density at radius 1 is 1.50 bits per heavy atom. The average molecular weight is 280 g/mol. The van der Waals surface area contributed by atoms with Crippen LogP contribution in [-0.2, 0) is 9.47 Å². The lowest BCUT2D eigenvalue weighted by Crippen LogP contribution is -2.47. The van der Waals surface area contributed by atoms with Crippen LogP contribution >= 0.6 is 0 Å². The van der Waals surface area contributed by atoms with Crippen LogP contribution in [-0.4, -0.2) is 42.9 Å². The normalized spacial score (nSPS) is 26.6. The molecule has 1 aliphatic heterocycles. The van der Waals surface area contributed by atoms with Crippen LogP contribution in [0.2, 0.25) is 0 Å². The highest BCUT2D eigenvalue weighted by atomic mass is 16.5. The fraction of sp³-hybridized carbons (Fsp3) is 0.714. The van der Waals surface area contributed by atoms with Gasteiger partial charge in [-0.2, -0.15) is 4.98 Å². The number of anilines is 1. The van der Waals surface area contributed by atoms with Crippen molar-refractivity contribution in [3.8, 4) is 0 Å². The van der Waals surface area contributed by atoms with E-state index in [1.54, 1.807) is 6.92 Å². The minimum Gasteiger partial charge on any atom is -0.461 e. The Hall–Kier alpha value is -1.56. The van der Waals surface area contributed by atoms with E-state index in [0.29, 0.717) is 18.5 Å². The summed E-state index contributed by atoms with van der Waals surface area (Å²) in [6.07, 6.45) is 4.24. The molecule has 20 heavy (non-hydrogen) atoms. The van der Waals surface area contributed by atoms with E-state index < -0.39 is 5.97 Å².